The molecule has 1 aromatic rings. The van der Waals surface area contributed by atoms with Crippen molar-refractivity contribution >= 4 is 15.9 Å². The zero-order valence-corrected chi connectivity index (χ0v) is 17.3. The van der Waals surface area contributed by atoms with E-state index in [1.165, 1.54) is 0 Å². The Labute approximate surface area is 150 Å². The number of benzene rings is 1. The van der Waals surface area contributed by atoms with E-state index in [0.717, 1.165) is 40.9 Å². The molecule has 0 aliphatic carbocycles. The molecule has 0 spiro atoms. The van der Waals surface area contributed by atoms with Gasteiger partial charge in [0.15, 0.2) is 11.5 Å². The highest BCUT2D eigenvalue weighted by Gasteiger charge is 2.26. The van der Waals surface area contributed by atoms with E-state index in [0.29, 0.717) is 6.61 Å². The topological polar surface area (TPSA) is 30.5 Å². The van der Waals surface area contributed by atoms with Gasteiger partial charge in [0.05, 0.1) is 13.7 Å². The van der Waals surface area contributed by atoms with Crippen LogP contribution in [0.1, 0.15) is 59.9 Å². The normalized spacial score (nSPS) is 12.3. The Bertz CT molecular complexity index is 507. The highest BCUT2D eigenvalue weighted by Crippen LogP contribution is 2.37. The summed E-state index contributed by atoms with van der Waals surface area (Å²) in [5.74, 6) is 1.62. The highest BCUT2D eigenvalue weighted by atomic mass is 79.9. The third-order valence-corrected chi connectivity index (χ3v) is 4.30. The second-order valence-electron chi connectivity index (χ2n) is 7.88. The summed E-state index contributed by atoms with van der Waals surface area (Å²) in [4.78, 5) is 0. The summed E-state index contributed by atoms with van der Waals surface area (Å²) in [6, 6.07) is 3.96. The molecule has 0 aromatic heterocycles. The summed E-state index contributed by atoms with van der Waals surface area (Å²) in [7, 11) is 1.68. The summed E-state index contributed by atoms with van der Waals surface area (Å²) >= 11 is 3.66. The molecule has 4 heteroatoms. The molecule has 23 heavy (non-hydrogen) atoms. The van der Waals surface area contributed by atoms with E-state index in [9.17, 15) is 0 Å². The molecule has 0 aliphatic rings. The molecule has 132 valence electrons. The van der Waals surface area contributed by atoms with Crippen molar-refractivity contribution in [3.05, 3.63) is 22.2 Å². The van der Waals surface area contributed by atoms with Crippen molar-refractivity contribution < 1.29 is 9.47 Å². The number of nitrogens with one attached hydrogen (secondary N) is 1. The van der Waals surface area contributed by atoms with Gasteiger partial charge in [-0.05, 0) is 44.2 Å². The van der Waals surface area contributed by atoms with Gasteiger partial charge < -0.3 is 14.8 Å². The first-order valence-electron chi connectivity index (χ1n) is 8.33. The van der Waals surface area contributed by atoms with Crippen LogP contribution in [0.5, 0.6) is 11.5 Å². The van der Waals surface area contributed by atoms with Gasteiger partial charge in [0.1, 0.15) is 0 Å². The lowest BCUT2D eigenvalue weighted by Crippen LogP contribution is -2.42. The molecule has 0 atom stereocenters. The monoisotopic (exact) mass is 385 g/mol. The predicted molar refractivity (Wildman–Crippen MR) is 101 cm³/mol. The standard InChI is InChI=1S/C19H32BrNO2/c1-8-11-23-17-14(15(20)9-10-16(17)22-7)12-21-19(5,6)13-18(2,3)4/h9-10,21H,8,11-13H2,1-7H3. The molecule has 1 N–H and O–H groups in total. The van der Waals surface area contributed by atoms with Gasteiger partial charge in [0.25, 0.3) is 0 Å². The Kier molecular flexibility index (Phi) is 7.40. The van der Waals surface area contributed by atoms with Crippen LogP contribution in [-0.4, -0.2) is 19.3 Å². The van der Waals surface area contributed by atoms with E-state index >= 15 is 0 Å². The minimum Gasteiger partial charge on any atom is -0.493 e. The zero-order valence-electron chi connectivity index (χ0n) is 15.7. The lowest BCUT2D eigenvalue weighted by Gasteiger charge is -2.34. The van der Waals surface area contributed by atoms with Crippen LogP contribution in [0.15, 0.2) is 16.6 Å². The van der Waals surface area contributed by atoms with Gasteiger partial charge in [-0.25, -0.2) is 0 Å². The third-order valence-electron chi connectivity index (χ3n) is 3.55. The van der Waals surface area contributed by atoms with Crippen molar-refractivity contribution in [3.63, 3.8) is 0 Å². The molecule has 0 saturated heterocycles. The average Bonchev–Trinajstić information content (AvgIpc) is 2.41. The Hall–Kier alpha value is -0.740. The lowest BCUT2D eigenvalue weighted by atomic mass is 9.81. The number of halogens is 1. The first-order chi connectivity index (χ1) is 10.6. The van der Waals surface area contributed by atoms with Crippen LogP contribution < -0.4 is 14.8 Å². The van der Waals surface area contributed by atoms with Crippen molar-refractivity contribution in [3.8, 4) is 11.5 Å². The molecular weight excluding hydrogens is 354 g/mol. The number of methoxy groups -OCH3 is 1. The van der Waals surface area contributed by atoms with Gasteiger partial charge in [-0.2, -0.15) is 0 Å². The largest absolute Gasteiger partial charge is 0.493 e. The maximum atomic E-state index is 5.96. The van der Waals surface area contributed by atoms with E-state index in [1.807, 2.05) is 12.1 Å². The van der Waals surface area contributed by atoms with Crippen LogP contribution in [0, 0.1) is 5.41 Å². The summed E-state index contributed by atoms with van der Waals surface area (Å²) in [6.07, 6.45) is 2.06. The van der Waals surface area contributed by atoms with Crippen LogP contribution in [0.3, 0.4) is 0 Å². The lowest BCUT2D eigenvalue weighted by molar-refractivity contribution is 0.238. The molecule has 3 nitrogen and oxygen atoms in total. The molecule has 0 unspecified atom stereocenters. The van der Waals surface area contributed by atoms with Crippen LogP contribution in [0.25, 0.3) is 0 Å². The average molecular weight is 386 g/mol. The Morgan fingerprint density at radius 2 is 1.78 bits per heavy atom. The van der Waals surface area contributed by atoms with Gasteiger partial charge in [-0.3, -0.25) is 0 Å². The molecule has 0 amide bonds. The first kappa shape index (κ1) is 20.3. The summed E-state index contributed by atoms with van der Waals surface area (Å²) in [6.45, 7) is 14.8. The van der Waals surface area contributed by atoms with E-state index in [2.05, 4.69) is 62.8 Å². The fraction of sp³-hybridized carbons (Fsp3) is 0.684. The minimum absolute atomic E-state index is 0.0444. The summed E-state index contributed by atoms with van der Waals surface area (Å²) < 4.78 is 12.5. The SMILES string of the molecule is CCCOc1c(OC)ccc(Br)c1CNC(C)(C)CC(C)(C)C. The van der Waals surface area contributed by atoms with Crippen molar-refractivity contribution in [2.45, 2.75) is 66.5 Å². The molecular formula is C19H32BrNO2. The summed E-state index contributed by atoms with van der Waals surface area (Å²) in [5, 5.41) is 3.68. The maximum absolute atomic E-state index is 5.96. The van der Waals surface area contributed by atoms with Crippen molar-refractivity contribution in [2.75, 3.05) is 13.7 Å². The van der Waals surface area contributed by atoms with Gasteiger partial charge in [-0.15, -0.1) is 0 Å². The minimum atomic E-state index is 0.0444. The first-order valence-corrected chi connectivity index (χ1v) is 9.12. The molecule has 0 bridgehead atoms. The van der Waals surface area contributed by atoms with E-state index in [4.69, 9.17) is 9.47 Å². The van der Waals surface area contributed by atoms with E-state index in [-0.39, 0.29) is 11.0 Å². The van der Waals surface area contributed by atoms with Gasteiger partial charge in [-0.1, -0.05) is 43.6 Å². The van der Waals surface area contributed by atoms with Crippen LogP contribution in [0.4, 0.5) is 0 Å². The second kappa shape index (κ2) is 8.39. The van der Waals surface area contributed by atoms with Gasteiger partial charge >= 0.3 is 0 Å². The third kappa shape index (κ3) is 6.72. The maximum Gasteiger partial charge on any atom is 0.166 e. The molecule has 0 aliphatic heterocycles. The quantitative estimate of drug-likeness (QED) is 0.635. The van der Waals surface area contributed by atoms with Gasteiger partial charge in [0.2, 0.25) is 0 Å². The van der Waals surface area contributed by atoms with Crippen LogP contribution in [-0.2, 0) is 6.54 Å². The van der Waals surface area contributed by atoms with Crippen LogP contribution >= 0.6 is 15.9 Å². The zero-order chi connectivity index (χ0) is 17.7. The van der Waals surface area contributed by atoms with Crippen molar-refractivity contribution in [2.24, 2.45) is 5.41 Å². The fourth-order valence-electron chi connectivity index (χ4n) is 2.99. The summed E-state index contributed by atoms with van der Waals surface area (Å²) in [5.41, 5.74) is 1.44. The van der Waals surface area contributed by atoms with E-state index < -0.39 is 0 Å². The predicted octanol–water partition coefficient (Wildman–Crippen LogP) is 5.55. The van der Waals surface area contributed by atoms with Crippen LogP contribution in [0.2, 0.25) is 0 Å². The second-order valence-corrected chi connectivity index (χ2v) is 8.73. The fourth-order valence-corrected chi connectivity index (χ4v) is 3.44. The molecule has 0 radical (unpaired) electrons. The molecule has 0 heterocycles. The van der Waals surface area contributed by atoms with Crippen molar-refractivity contribution in [1.82, 2.24) is 5.32 Å². The molecule has 0 fully saturated rings. The van der Waals surface area contributed by atoms with Gasteiger partial charge in [0, 0.05) is 22.1 Å². The Morgan fingerprint density at radius 1 is 1.13 bits per heavy atom. The Balaban J connectivity index is 2.98. The Morgan fingerprint density at radius 3 is 2.30 bits per heavy atom. The number of ether oxygens (including phenoxy) is 2. The smallest absolute Gasteiger partial charge is 0.166 e. The van der Waals surface area contributed by atoms with Crippen molar-refractivity contribution in [1.29, 1.82) is 0 Å². The molecule has 1 aromatic carbocycles. The number of hydrogen-bond donors (Lipinski definition) is 1. The van der Waals surface area contributed by atoms with E-state index in [1.54, 1.807) is 7.11 Å². The number of rotatable bonds is 8. The molecule has 1 rings (SSSR count). The number of hydrogen-bond acceptors (Lipinski definition) is 3. The highest BCUT2D eigenvalue weighted by molar-refractivity contribution is 9.10. The molecule has 0 saturated carbocycles.